The van der Waals surface area contributed by atoms with Gasteiger partial charge < -0.3 is 20.7 Å². The highest BCUT2D eigenvalue weighted by Gasteiger charge is 2.19. The lowest BCUT2D eigenvalue weighted by atomic mass is 10.2. The molecule has 0 bridgehead atoms. The third-order valence-electron chi connectivity index (χ3n) is 3.54. The highest BCUT2D eigenvalue weighted by atomic mass is 35.5. The second kappa shape index (κ2) is 9.90. The molecule has 3 rings (SSSR count). The lowest BCUT2D eigenvalue weighted by Crippen LogP contribution is -2.37. The van der Waals surface area contributed by atoms with Crippen molar-refractivity contribution in [3.63, 3.8) is 0 Å². The van der Waals surface area contributed by atoms with Gasteiger partial charge in [-0.05, 0) is 24.3 Å². The second-order valence-corrected chi connectivity index (χ2v) is 5.50. The first kappa shape index (κ1) is 20.8. The van der Waals surface area contributed by atoms with E-state index in [2.05, 4.69) is 25.4 Å². The minimum Gasteiger partial charge on any atom is -0.378 e. The largest absolute Gasteiger partial charge is 0.378 e. The van der Waals surface area contributed by atoms with Gasteiger partial charge in [-0.1, -0.05) is 11.6 Å². The number of hydrogen-bond donors (Lipinski definition) is 3. The summed E-state index contributed by atoms with van der Waals surface area (Å²) >= 11 is 5.89. The van der Waals surface area contributed by atoms with Crippen LogP contribution in [0.4, 0.5) is 11.6 Å². The maximum atomic E-state index is 5.89. The number of ether oxygens (including phenoxy) is 1. The SMILES string of the molecule is Cl.Cl.NC[C@@H](Nc1ccc(Cl)cc1)c1nc(N2CCOCC2)n[nH]1. The molecule has 0 aliphatic carbocycles. The molecule has 1 aromatic heterocycles. The number of hydrogen-bond acceptors (Lipinski definition) is 6. The number of aromatic nitrogens is 3. The van der Waals surface area contributed by atoms with E-state index in [1.54, 1.807) is 0 Å². The van der Waals surface area contributed by atoms with Crippen molar-refractivity contribution in [2.24, 2.45) is 5.73 Å². The van der Waals surface area contributed by atoms with Gasteiger partial charge in [0.1, 0.15) is 5.82 Å². The number of rotatable bonds is 5. The van der Waals surface area contributed by atoms with Gasteiger partial charge in [-0.15, -0.1) is 29.9 Å². The molecule has 0 saturated carbocycles. The minimum absolute atomic E-state index is 0. The summed E-state index contributed by atoms with van der Waals surface area (Å²) in [5, 5.41) is 11.3. The number of anilines is 2. The monoisotopic (exact) mass is 394 g/mol. The second-order valence-electron chi connectivity index (χ2n) is 5.06. The van der Waals surface area contributed by atoms with E-state index in [-0.39, 0.29) is 30.9 Å². The summed E-state index contributed by atoms with van der Waals surface area (Å²) in [6, 6.07) is 7.34. The number of benzene rings is 1. The molecule has 0 amide bonds. The van der Waals surface area contributed by atoms with Crippen LogP contribution in [-0.4, -0.2) is 48.0 Å². The Morgan fingerprint density at radius 2 is 1.92 bits per heavy atom. The lowest BCUT2D eigenvalue weighted by molar-refractivity contribution is 0.122. The Bertz CT molecular complexity index is 603. The van der Waals surface area contributed by atoms with Gasteiger partial charge in [0, 0.05) is 30.3 Å². The van der Waals surface area contributed by atoms with Gasteiger partial charge in [0.25, 0.3) is 0 Å². The molecular weight excluding hydrogens is 375 g/mol. The zero-order valence-corrected chi connectivity index (χ0v) is 15.3. The predicted molar refractivity (Wildman–Crippen MR) is 101 cm³/mol. The van der Waals surface area contributed by atoms with Crippen LogP contribution in [0.25, 0.3) is 0 Å². The highest BCUT2D eigenvalue weighted by Crippen LogP contribution is 2.20. The van der Waals surface area contributed by atoms with Crippen molar-refractivity contribution in [3.05, 3.63) is 35.1 Å². The van der Waals surface area contributed by atoms with Gasteiger partial charge in [0.2, 0.25) is 5.95 Å². The highest BCUT2D eigenvalue weighted by molar-refractivity contribution is 6.30. The summed E-state index contributed by atoms with van der Waals surface area (Å²) < 4.78 is 5.33. The molecular formula is C14H21Cl3N6O. The van der Waals surface area contributed by atoms with Gasteiger partial charge in [0.05, 0.1) is 19.3 Å². The predicted octanol–water partition coefficient (Wildman–Crippen LogP) is 2.25. The molecule has 1 aliphatic heterocycles. The molecule has 2 heterocycles. The maximum Gasteiger partial charge on any atom is 0.244 e. The smallest absolute Gasteiger partial charge is 0.244 e. The Morgan fingerprint density at radius 3 is 2.54 bits per heavy atom. The van der Waals surface area contributed by atoms with Crippen LogP contribution < -0.4 is 16.0 Å². The van der Waals surface area contributed by atoms with E-state index in [4.69, 9.17) is 22.1 Å². The fourth-order valence-electron chi connectivity index (χ4n) is 2.31. The topological polar surface area (TPSA) is 92.1 Å². The van der Waals surface area contributed by atoms with Gasteiger partial charge >= 0.3 is 0 Å². The van der Waals surface area contributed by atoms with Crippen molar-refractivity contribution >= 4 is 48.1 Å². The third kappa shape index (κ3) is 5.12. The molecule has 10 heteroatoms. The fourth-order valence-corrected chi connectivity index (χ4v) is 2.44. The van der Waals surface area contributed by atoms with E-state index in [1.807, 2.05) is 24.3 Å². The van der Waals surface area contributed by atoms with Crippen LogP contribution >= 0.6 is 36.4 Å². The van der Waals surface area contributed by atoms with Crippen molar-refractivity contribution in [1.82, 2.24) is 15.2 Å². The van der Waals surface area contributed by atoms with Crippen LogP contribution in [0.1, 0.15) is 11.9 Å². The number of nitrogens with two attached hydrogens (primary N) is 1. The Balaban J connectivity index is 0.00000144. The summed E-state index contributed by atoms with van der Waals surface area (Å²) in [5.74, 6) is 1.41. The quantitative estimate of drug-likeness (QED) is 0.719. The molecule has 1 aliphatic rings. The molecule has 0 unspecified atom stereocenters. The maximum absolute atomic E-state index is 5.89. The van der Waals surface area contributed by atoms with Crippen molar-refractivity contribution in [3.8, 4) is 0 Å². The summed E-state index contributed by atoms with van der Waals surface area (Å²) in [5.41, 5.74) is 6.79. The van der Waals surface area contributed by atoms with Crippen LogP contribution in [0.15, 0.2) is 24.3 Å². The Kier molecular flexibility index (Phi) is 8.58. The number of halogens is 3. The molecule has 4 N–H and O–H groups in total. The molecule has 1 fully saturated rings. The molecule has 1 aromatic carbocycles. The van der Waals surface area contributed by atoms with E-state index in [0.717, 1.165) is 24.6 Å². The zero-order chi connectivity index (χ0) is 15.4. The Morgan fingerprint density at radius 1 is 1.25 bits per heavy atom. The summed E-state index contributed by atoms with van der Waals surface area (Å²) in [7, 11) is 0. The van der Waals surface area contributed by atoms with Gasteiger partial charge in [-0.25, -0.2) is 0 Å². The minimum atomic E-state index is -0.136. The third-order valence-corrected chi connectivity index (χ3v) is 3.79. The number of aromatic amines is 1. The van der Waals surface area contributed by atoms with Crippen LogP contribution in [0, 0.1) is 0 Å². The number of H-pyrrole nitrogens is 1. The van der Waals surface area contributed by atoms with E-state index >= 15 is 0 Å². The van der Waals surface area contributed by atoms with Gasteiger partial charge in [-0.2, -0.15) is 4.98 Å². The molecule has 0 spiro atoms. The van der Waals surface area contributed by atoms with Crippen molar-refractivity contribution in [2.75, 3.05) is 43.1 Å². The molecule has 2 aromatic rings. The van der Waals surface area contributed by atoms with Crippen LogP contribution in [-0.2, 0) is 4.74 Å². The molecule has 1 atom stereocenters. The summed E-state index contributed by atoms with van der Waals surface area (Å²) in [6.45, 7) is 3.41. The van der Waals surface area contributed by atoms with E-state index in [9.17, 15) is 0 Å². The van der Waals surface area contributed by atoms with E-state index in [0.29, 0.717) is 30.7 Å². The molecule has 24 heavy (non-hydrogen) atoms. The molecule has 1 saturated heterocycles. The number of morpholine rings is 1. The normalized spacial score (nSPS) is 15.2. The molecule has 0 radical (unpaired) electrons. The van der Waals surface area contributed by atoms with E-state index in [1.165, 1.54) is 0 Å². The van der Waals surface area contributed by atoms with Crippen LogP contribution in [0.2, 0.25) is 5.02 Å². The first-order valence-electron chi connectivity index (χ1n) is 7.23. The standard InChI is InChI=1S/C14H19ClN6O.2ClH/c15-10-1-3-11(4-2-10)17-12(9-16)13-18-14(20-19-13)21-5-7-22-8-6-21;;/h1-4,12,17H,5-9,16H2,(H,18,19,20);2*1H/t12-;;/m1../s1. The van der Waals surface area contributed by atoms with Crippen LogP contribution in [0.5, 0.6) is 0 Å². The first-order valence-corrected chi connectivity index (χ1v) is 7.61. The van der Waals surface area contributed by atoms with Crippen LogP contribution in [0.3, 0.4) is 0 Å². The molecule has 7 nitrogen and oxygen atoms in total. The Hall–Kier alpha value is -1.25. The molecule has 134 valence electrons. The van der Waals surface area contributed by atoms with Gasteiger partial charge in [0.15, 0.2) is 0 Å². The summed E-state index contributed by atoms with van der Waals surface area (Å²) in [4.78, 5) is 6.65. The number of nitrogens with one attached hydrogen (secondary N) is 2. The summed E-state index contributed by atoms with van der Waals surface area (Å²) in [6.07, 6.45) is 0. The average molecular weight is 396 g/mol. The van der Waals surface area contributed by atoms with Crippen molar-refractivity contribution in [1.29, 1.82) is 0 Å². The van der Waals surface area contributed by atoms with Gasteiger partial charge in [-0.3, -0.25) is 5.10 Å². The average Bonchev–Trinajstić information content (AvgIpc) is 3.05. The van der Waals surface area contributed by atoms with E-state index < -0.39 is 0 Å². The van der Waals surface area contributed by atoms with Crippen molar-refractivity contribution in [2.45, 2.75) is 6.04 Å². The Labute approximate surface area is 158 Å². The fraction of sp³-hybridized carbons (Fsp3) is 0.429. The van der Waals surface area contributed by atoms with Crippen molar-refractivity contribution < 1.29 is 4.74 Å². The number of nitrogens with zero attached hydrogens (tertiary/aromatic N) is 3. The first-order chi connectivity index (χ1) is 10.8. The zero-order valence-electron chi connectivity index (χ0n) is 12.9. The lowest BCUT2D eigenvalue weighted by Gasteiger charge is -2.25.